The topological polar surface area (TPSA) is 74.6 Å². The molecule has 0 saturated carbocycles. The van der Waals surface area contributed by atoms with Gasteiger partial charge in [-0.3, -0.25) is 9.59 Å². The summed E-state index contributed by atoms with van der Waals surface area (Å²) >= 11 is 0. The van der Waals surface area contributed by atoms with Gasteiger partial charge in [0.25, 0.3) is 0 Å². The number of hydrogen-bond donors (Lipinski definition) is 2. The molecule has 0 bridgehead atoms. The quantitative estimate of drug-likeness (QED) is 0.661. The number of aliphatic carboxylic acids is 2. The molecule has 0 spiro atoms. The Morgan fingerprint density at radius 1 is 1.11 bits per heavy atom. The second kappa shape index (κ2) is 7.12. The van der Waals surface area contributed by atoms with Gasteiger partial charge in [0.2, 0.25) is 0 Å². The van der Waals surface area contributed by atoms with Crippen molar-refractivity contribution in [3.8, 4) is 0 Å². The summed E-state index contributed by atoms with van der Waals surface area (Å²) in [6.07, 6.45) is 11.7. The van der Waals surface area contributed by atoms with E-state index in [0.717, 1.165) is 32.1 Å². The molecule has 4 nitrogen and oxygen atoms in total. The van der Waals surface area contributed by atoms with Crippen molar-refractivity contribution < 1.29 is 19.8 Å². The monoisotopic (exact) mass is 266 g/mol. The molecule has 0 fully saturated rings. The minimum Gasteiger partial charge on any atom is -0.481 e. The molecule has 2 atom stereocenters. The number of carbonyl (C=O) groups is 2. The van der Waals surface area contributed by atoms with E-state index in [1.165, 1.54) is 12.2 Å². The Kier molecular flexibility index (Phi) is 5.80. The first-order chi connectivity index (χ1) is 9.04. The van der Waals surface area contributed by atoms with E-state index in [-0.39, 0.29) is 0 Å². The lowest BCUT2D eigenvalue weighted by molar-refractivity contribution is -0.157. The van der Waals surface area contributed by atoms with Crippen molar-refractivity contribution in [3.05, 3.63) is 24.3 Å². The molecular weight excluding hydrogens is 244 g/mol. The van der Waals surface area contributed by atoms with Crippen LogP contribution in [0.5, 0.6) is 0 Å². The Morgan fingerprint density at radius 3 is 2.37 bits per heavy atom. The molecule has 0 aromatic rings. The molecule has 4 heteroatoms. The molecule has 1 rings (SSSR count). The highest BCUT2D eigenvalue weighted by molar-refractivity contribution is 5.87. The highest BCUT2D eigenvalue weighted by Gasteiger charge is 2.46. The lowest BCUT2D eigenvalue weighted by atomic mass is 9.69. The molecule has 0 aromatic heterocycles. The fourth-order valence-corrected chi connectivity index (χ4v) is 2.55. The first-order valence-electron chi connectivity index (χ1n) is 6.87. The summed E-state index contributed by atoms with van der Waals surface area (Å²) in [5, 5.41) is 18.7. The van der Waals surface area contributed by atoms with Gasteiger partial charge < -0.3 is 10.2 Å². The maximum atomic E-state index is 11.6. The first-order valence-corrected chi connectivity index (χ1v) is 6.87. The SMILES string of the molecule is CCCCCCCC1(C(=O)O)C=CC=CC1C(=O)O. The van der Waals surface area contributed by atoms with Crippen molar-refractivity contribution in [2.75, 3.05) is 0 Å². The number of rotatable bonds is 8. The lowest BCUT2D eigenvalue weighted by Crippen LogP contribution is -2.41. The van der Waals surface area contributed by atoms with Gasteiger partial charge in [-0.1, -0.05) is 63.3 Å². The van der Waals surface area contributed by atoms with Crippen LogP contribution in [0.4, 0.5) is 0 Å². The minimum absolute atomic E-state index is 0.379. The molecule has 0 aliphatic heterocycles. The average Bonchev–Trinajstić information content (AvgIpc) is 2.38. The van der Waals surface area contributed by atoms with E-state index in [4.69, 9.17) is 0 Å². The van der Waals surface area contributed by atoms with Gasteiger partial charge in [-0.05, 0) is 6.42 Å². The summed E-state index contributed by atoms with van der Waals surface area (Å²) in [5.41, 5.74) is -1.28. The van der Waals surface area contributed by atoms with Crippen LogP contribution >= 0.6 is 0 Å². The van der Waals surface area contributed by atoms with E-state index in [9.17, 15) is 19.8 Å². The number of carboxylic acids is 2. The Morgan fingerprint density at radius 2 is 1.79 bits per heavy atom. The lowest BCUT2D eigenvalue weighted by Gasteiger charge is -2.32. The van der Waals surface area contributed by atoms with Gasteiger partial charge in [-0.25, -0.2) is 0 Å². The van der Waals surface area contributed by atoms with Crippen LogP contribution in [0.15, 0.2) is 24.3 Å². The number of hydrogen-bond acceptors (Lipinski definition) is 2. The zero-order valence-corrected chi connectivity index (χ0v) is 11.3. The Labute approximate surface area is 113 Å². The molecule has 19 heavy (non-hydrogen) atoms. The molecule has 0 amide bonds. The smallest absolute Gasteiger partial charge is 0.314 e. The third-order valence-electron chi connectivity index (χ3n) is 3.72. The summed E-state index contributed by atoms with van der Waals surface area (Å²) in [5.74, 6) is -3.09. The van der Waals surface area contributed by atoms with Gasteiger partial charge in [0.05, 0.1) is 5.92 Å². The van der Waals surface area contributed by atoms with Gasteiger partial charge in [0.1, 0.15) is 5.41 Å². The molecule has 0 radical (unpaired) electrons. The predicted octanol–water partition coefficient (Wildman–Crippen LogP) is 3.24. The molecule has 106 valence electrons. The van der Waals surface area contributed by atoms with Crippen LogP contribution in [0, 0.1) is 11.3 Å². The summed E-state index contributed by atoms with van der Waals surface area (Å²) in [7, 11) is 0. The fraction of sp³-hybridized carbons (Fsp3) is 0.600. The van der Waals surface area contributed by atoms with E-state index in [2.05, 4.69) is 6.92 Å². The Hall–Kier alpha value is -1.58. The van der Waals surface area contributed by atoms with Gasteiger partial charge in [0, 0.05) is 0 Å². The molecule has 0 saturated heterocycles. The van der Waals surface area contributed by atoms with Crippen LogP contribution in [0.1, 0.15) is 45.4 Å². The third-order valence-corrected chi connectivity index (χ3v) is 3.72. The third kappa shape index (κ3) is 3.69. The highest BCUT2D eigenvalue weighted by atomic mass is 16.4. The van der Waals surface area contributed by atoms with E-state index in [1.807, 2.05) is 0 Å². The van der Waals surface area contributed by atoms with Crippen molar-refractivity contribution in [1.82, 2.24) is 0 Å². The van der Waals surface area contributed by atoms with Crippen LogP contribution in [-0.2, 0) is 9.59 Å². The summed E-state index contributed by atoms with van der Waals surface area (Å²) in [4.78, 5) is 22.8. The molecule has 0 heterocycles. The van der Waals surface area contributed by atoms with E-state index in [1.54, 1.807) is 12.2 Å². The summed E-state index contributed by atoms with van der Waals surface area (Å²) in [6, 6.07) is 0. The van der Waals surface area contributed by atoms with Gasteiger partial charge in [-0.15, -0.1) is 0 Å². The summed E-state index contributed by atoms with van der Waals surface area (Å²) in [6.45, 7) is 2.12. The van der Waals surface area contributed by atoms with Crippen LogP contribution in [0.3, 0.4) is 0 Å². The number of carboxylic acid groups (broad SMARTS) is 2. The zero-order valence-electron chi connectivity index (χ0n) is 11.3. The second-order valence-electron chi connectivity index (χ2n) is 5.07. The molecular formula is C15H22O4. The van der Waals surface area contributed by atoms with E-state index >= 15 is 0 Å². The van der Waals surface area contributed by atoms with Crippen LogP contribution < -0.4 is 0 Å². The maximum Gasteiger partial charge on any atom is 0.314 e. The van der Waals surface area contributed by atoms with Crippen molar-refractivity contribution >= 4 is 11.9 Å². The maximum absolute atomic E-state index is 11.6. The largest absolute Gasteiger partial charge is 0.481 e. The van der Waals surface area contributed by atoms with Gasteiger partial charge in [-0.2, -0.15) is 0 Å². The molecule has 1 aliphatic carbocycles. The van der Waals surface area contributed by atoms with Gasteiger partial charge in [0.15, 0.2) is 0 Å². The number of allylic oxidation sites excluding steroid dienone is 2. The second-order valence-corrected chi connectivity index (χ2v) is 5.07. The van der Waals surface area contributed by atoms with Crippen molar-refractivity contribution in [2.24, 2.45) is 11.3 Å². The highest BCUT2D eigenvalue weighted by Crippen LogP contribution is 2.39. The van der Waals surface area contributed by atoms with Crippen LogP contribution in [-0.4, -0.2) is 22.2 Å². The molecule has 2 unspecified atom stereocenters. The van der Waals surface area contributed by atoms with Crippen molar-refractivity contribution in [2.45, 2.75) is 45.4 Å². The Bertz CT molecular complexity index is 384. The first kappa shape index (κ1) is 15.5. The van der Waals surface area contributed by atoms with Gasteiger partial charge >= 0.3 is 11.9 Å². The van der Waals surface area contributed by atoms with Crippen molar-refractivity contribution in [3.63, 3.8) is 0 Å². The van der Waals surface area contributed by atoms with Crippen LogP contribution in [0.25, 0.3) is 0 Å². The average molecular weight is 266 g/mol. The van der Waals surface area contributed by atoms with Crippen LogP contribution in [0.2, 0.25) is 0 Å². The van der Waals surface area contributed by atoms with E-state index < -0.39 is 23.3 Å². The van der Waals surface area contributed by atoms with Crippen molar-refractivity contribution in [1.29, 1.82) is 0 Å². The van der Waals surface area contributed by atoms with E-state index in [0.29, 0.717) is 6.42 Å². The minimum atomic E-state index is -1.28. The normalized spacial score (nSPS) is 25.4. The molecule has 0 aromatic carbocycles. The standard InChI is InChI=1S/C15H22O4/c1-2-3-4-5-7-10-15(14(18)19)11-8-6-9-12(15)13(16)17/h6,8-9,11-12H,2-5,7,10H2,1H3,(H,16,17)(H,18,19). The fourth-order valence-electron chi connectivity index (χ4n) is 2.55. The Balaban J connectivity index is 2.73. The molecule has 2 N–H and O–H groups in total. The zero-order chi connectivity index (χ0) is 14.3. The summed E-state index contributed by atoms with van der Waals surface area (Å²) < 4.78 is 0. The number of unbranched alkanes of at least 4 members (excludes halogenated alkanes) is 4. The molecule has 1 aliphatic rings. The predicted molar refractivity (Wildman–Crippen MR) is 72.9 cm³/mol.